The van der Waals surface area contributed by atoms with Crippen LogP contribution in [0.15, 0.2) is 78.7 Å². The van der Waals surface area contributed by atoms with E-state index in [2.05, 4.69) is 4.98 Å². The SMILES string of the molecule is COC(COc1ccccc1)=C(c1c[nH]c2c1C(=O)C=CC2=O)C(C)c1cccc(C(=O)O)c1. The van der Waals surface area contributed by atoms with Gasteiger partial charge in [-0.2, -0.15) is 0 Å². The molecule has 1 aliphatic carbocycles. The average molecular weight is 457 g/mol. The molecule has 0 aliphatic heterocycles. The van der Waals surface area contributed by atoms with Crippen LogP contribution in [0, 0.1) is 0 Å². The molecule has 1 unspecified atom stereocenters. The summed E-state index contributed by atoms with van der Waals surface area (Å²) >= 11 is 0. The van der Waals surface area contributed by atoms with Crippen molar-refractivity contribution in [2.75, 3.05) is 13.7 Å². The molecule has 0 radical (unpaired) electrons. The summed E-state index contributed by atoms with van der Waals surface area (Å²) in [6.45, 7) is 1.96. The Kier molecular flexibility index (Phi) is 6.45. The zero-order chi connectivity index (χ0) is 24.2. The summed E-state index contributed by atoms with van der Waals surface area (Å²) in [5.41, 5.74) is 2.47. The lowest BCUT2D eigenvalue weighted by Crippen LogP contribution is -2.15. The Balaban J connectivity index is 1.85. The van der Waals surface area contributed by atoms with Crippen molar-refractivity contribution in [3.05, 3.63) is 107 Å². The van der Waals surface area contributed by atoms with Gasteiger partial charge in [0, 0.05) is 23.3 Å². The lowest BCUT2D eigenvalue weighted by Gasteiger charge is -2.22. The number of allylic oxidation sites excluding steroid dienone is 3. The van der Waals surface area contributed by atoms with Crippen LogP contribution in [0.1, 0.15) is 55.2 Å². The van der Waals surface area contributed by atoms with Gasteiger partial charge in [0.05, 0.1) is 23.9 Å². The summed E-state index contributed by atoms with van der Waals surface area (Å²) in [7, 11) is 1.51. The Morgan fingerprint density at radius 1 is 1.03 bits per heavy atom. The van der Waals surface area contributed by atoms with Crippen LogP contribution >= 0.6 is 0 Å². The molecule has 2 N–H and O–H groups in total. The first-order valence-corrected chi connectivity index (χ1v) is 10.7. The molecule has 1 aliphatic rings. The minimum absolute atomic E-state index is 0.0662. The zero-order valence-corrected chi connectivity index (χ0v) is 18.7. The highest BCUT2D eigenvalue weighted by molar-refractivity contribution is 6.23. The number of hydrogen-bond donors (Lipinski definition) is 2. The predicted octanol–water partition coefficient (Wildman–Crippen LogP) is 4.89. The number of nitrogens with one attached hydrogen (secondary N) is 1. The van der Waals surface area contributed by atoms with E-state index in [-0.39, 0.29) is 40.9 Å². The molecule has 7 heteroatoms. The third kappa shape index (κ3) is 4.41. The van der Waals surface area contributed by atoms with Crippen LogP contribution in [0.25, 0.3) is 5.57 Å². The van der Waals surface area contributed by atoms with Gasteiger partial charge in [0.15, 0.2) is 5.78 Å². The van der Waals surface area contributed by atoms with Crippen LogP contribution in [0.3, 0.4) is 0 Å². The summed E-state index contributed by atoms with van der Waals surface area (Å²) in [5.74, 6) is -0.920. The number of carboxylic acids is 1. The van der Waals surface area contributed by atoms with Crippen LogP contribution in [0.2, 0.25) is 0 Å². The van der Waals surface area contributed by atoms with Gasteiger partial charge < -0.3 is 19.6 Å². The predicted molar refractivity (Wildman–Crippen MR) is 126 cm³/mol. The van der Waals surface area contributed by atoms with E-state index in [4.69, 9.17) is 9.47 Å². The van der Waals surface area contributed by atoms with E-state index in [0.717, 1.165) is 0 Å². The molecule has 4 rings (SSSR count). The van der Waals surface area contributed by atoms with E-state index < -0.39 is 5.97 Å². The van der Waals surface area contributed by atoms with Crippen LogP contribution in [0.4, 0.5) is 0 Å². The Bertz CT molecular complexity index is 1320. The molecule has 34 heavy (non-hydrogen) atoms. The number of hydrogen-bond acceptors (Lipinski definition) is 5. The first-order valence-electron chi connectivity index (χ1n) is 10.7. The second kappa shape index (κ2) is 9.62. The molecule has 0 fully saturated rings. The van der Waals surface area contributed by atoms with Crippen molar-refractivity contribution in [2.24, 2.45) is 0 Å². The van der Waals surface area contributed by atoms with Gasteiger partial charge in [-0.05, 0) is 42.0 Å². The topological polar surface area (TPSA) is 106 Å². The molecule has 0 bridgehead atoms. The first kappa shape index (κ1) is 22.8. The Labute approximate surface area is 196 Å². The number of aromatic nitrogens is 1. The van der Waals surface area contributed by atoms with Crippen molar-refractivity contribution in [1.29, 1.82) is 0 Å². The zero-order valence-electron chi connectivity index (χ0n) is 18.7. The molecule has 0 amide bonds. The highest BCUT2D eigenvalue weighted by Crippen LogP contribution is 2.39. The van der Waals surface area contributed by atoms with Gasteiger partial charge in [-0.3, -0.25) is 9.59 Å². The van der Waals surface area contributed by atoms with Crippen LogP contribution < -0.4 is 4.74 Å². The summed E-state index contributed by atoms with van der Waals surface area (Å²) in [6.07, 6.45) is 4.11. The fourth-order valence-electron chi connectivity index (χ4n) is 4.05. The minimum atomic E-state index is -1.04. The van der Waals surface area contributed by atoms with Gasteiger partial charge in [-0.15, -0.1) is 0 Å². The van der Waals surface area contributed by atoms with Gasteiger partial charge in [-0.1, -0.05) is 37.3 Å². The Hall–Kier alpha value is -4.39. The molecule has 0 saturated heterocycles. The third-order valence-electron chi connectivity index (χ3n) is 5.78. The number of ketones is 2. The number of H-pyrrole nitrogens is 1. The number of ether oxygens (including phenoxy) is 2. The molecular weight excluding hydrogens is 434 g/mol. The molecule has 172 valence electrons. The van der Waals surface area contributed by atoms with Crippen molar-refractivity contribution < 1.29 is 29.0 Å². The molecular formula is C27H23NO6. The third-order valence-corrected chi connectivity index (χ3v) is 5.78. The highest BCUT2D eigenvalue weighted by atomic mass is 16.5. The summed E-state index contributed by atoms with van der Waals surface area (Å²) in [4.78, 5) is 39.6. The van der Waals surface area contributed by atoms with Gasteiger partial charge >= 0.3 is 5.97 Å². The highest BCUT2D eigenvalue weighted by Gasteiger charge is 2.30. The number of methoxy groups -OCH3 is 1. The van der Waals surface area contributed by atoms with E-state index in [1.165, 1.54) is 25.3 Å². The first-order chi connectivity index (χ1) is 16.4. The van der Waals surface area contributed by atoms with Crippen molar-refractivity contribution in [1.82, 2.24) is 4.98 Å². The van der Waals surface area contributed by atoms with Gasteiger partial charge in [0.2, 0.25) is 5.78 Å². The standard InChI is InChI=1S/C27H23NO6/c1-16(17-7-6-8-18(13-17)27(31)32)24(23(33-2)15-34-19-9-4-3-5-10-19)20-14-28-26-22(30)12-11-21(29)25(20)26/h3-14,16,28H,15H2,1-2H3,(H,31,32). The number of rotatable bonds is 8. The number of fused-ring (bicyclic) bond motifs is 1. The molecule has 1 atom stereocenters. The Morgan fingerprint density at radius 2 is 1.76 bits per heavy atom. The molecule has 7 nitrogen and oxygen atoms in total. The Morgan fingerprint density at radius 3 is 2.47 bits per heavy atom. The maximum Gasteiger partial charge on any atom is 0.335 e. The fraction of sp³-hybridized carbons (Fsp3) is 0.148. The minimum Gasteiger partial charge on any atom is -0.497 e. The summed E-state index contributed by atoms with van der Waals surface area (Å²) in [6, 6.07) is 15.8. The monoisotopic (exact) mass is 457 g/mol. The lowest BCUT2D eigenvalue weighted by molar-refractivity contribution is 0.0696. The normalized spacial score (nSPS) is 14.3. The van der Waals surface area contributed by atoms with E-state index in [1.54, 1.807) is 18.3 Å². The second-order valence-electron chi connectivity index (χ2n) is 7.81. The number of carbonyl (C=O) groups excluding carboxylic acids is 2. The second-order valence-corrected chi connectivity index (χ2v) is 7.81. The number of aromatic amines is 1. The molecule has 1 heterocycles. The van der Waals surface area contributed by atoms with Crippen molar-refractivity contribution in [3.63, 3.8) is 0 Å². The smallest absolute Gasteiger partial charge is 0.335 e. The van der Waals surface area contributed by atoms with Gasteiger partial charge in [0.1, 0.15) is 18.1 Å². The lowest BCUT2D eigenvalue weighted by atomic mass is 9.84. The quantitative estimate of drug-likeness (QED) is 0.467. The number of carbonyl (C=O) groups is 3. The van der Waals surface area contributed by atoms with Crippen molar-refractivity contribution in [3.8, 4) is 5.75 Å². The van der Waals surface area contributed by atoms with E-state index in [0.29, 0.717) is 28.2 Å². The molecule has 1 aromatic heterocycles. The van der Waals surface area contributed by atoms with Crippen molar-refractivity contribution >= 4 is 23.1 Å². The van der Waals surface area contributed by atoms with E-state index in [9.17, 15) is 19.5 Å². The summed E-state index contributed by atoms with van der Waals surface area (Å²) < 4.78 is 11.7. The van der Waals surface area contributed by atoms with Crippen LogP contribution in [-0.2, 0) is 4.74 Å². The van der Waals surface area contributed by atoms with Gasteiger partial charge in [-0.25, -0.2) is 4.79 Å². The number of benzene rings is 2. The maximum atomic E-state index is 12.8. The molecule has 0 saturated carbocycles. The average Bonchev–Trinajstić information content (AvgIpc) is 3.30. The van der Waals surface area contributed by atoms with Crippen LogP contribution in [0.5, 0.6) is 5.75 Å². The number of aromatic carboxylic acids is 1. The van der Waals surface area contributed by atoms with Crippen LogP contribution in [-0.4, -0.2) is 41.3 Å². The molecule has 3 aromatic rings. The number of carboxylic acid groups (broad SMARTS) is 1. The number of para-hydroxylation sites is 1. The van der Waals surface area contributed by atoms with E-state index in [1.807, 2.05) is 43.3 Å². The van der Waals surface area contributed by atoms with E-state index >= 15 is 0 Å². The molecule has 2 aromatic carbocycles. The molecule has 0 spiro atoms. The fourth-order valence-corrected chi connectivity index (χ4v) is 4.05. The maximum absolute atomic E-state index is 12.8. The van der Waals surface area contributed by atoms with Crippen molar-refractivity contribution in [2.45, 2.75) is 12.8 Å². The summed E-state index contributed by atoms with van der Waals surface area (Å²) in [5, 5.41) is 9.45. The largest absolute Gasteiger partial charge is 0.497 e. The van der Waals surface area contributed by atoms with Gasteiger partial charge in [0.25, 0.3) is 0 Å².